The van der Waals surface area contributed by atoms with Gasteiger partial charge in [0.15, 0.2) is 5.65 Å². The van der Waals surface area contributed by atoms with Gasteiger partial charge in [0.25, 0.3) is 5.56 Å². The van der Waals surface area contributed by atoms with Crippen LogP contribution in [-0.4, -0.2) is 58.4 Å². The highest BCUT2D eigenvalue weighted by Crippen LogP contribution is 2.25. The third-order valence-corrected chi connectivity index (χ3v) is 8.41. The van der Waals surface area contributed by atoms with Crippen LogP contribution in [0.25, 0.3) is 22.6 Å². The first kappa shape index (κ1) is 24.3. The molecule has 0 spiro atoms. The van der Waals surface area contributed by atoms with Crippen molar-refractivity contribution in [2.24, 2.45) is 0 Å². The minimum absolute atomic E-state index is 0.168. The van der Waals surface area contributed by atoms with Crippen molar-refractivity contribution in [3.05, 3.63) is 74.4 Å². The van der Waals surface area contributed by atoms with E-state index in [1.54, 1.807) is 12.1 Å². The lowest BCUT2D eigenvalue weighted by molar-refractivity contribution is 0.385. The maximum atomic E-state index is 13.2. The largest absolute Gasteiger partial charge is 0.369 e. The Hall–Kier alpha value is -3.41. The molecule has 5 rings (SSSR count). The van der Waals surface area contributed by atoms with E-state index < -0.39 is 21.3 Å². The highest BCUT2D eigenvalue weighted by Gasteiger charge is 2.28. The molecule has 4 aromatic rings. The molecule has 2 N–H and O–H groups in total. The van der Waals surface area contributed by atoms with E-state index in [9.17, 15) is 18.0 Å². The molecule has 36 heavy (non-hydrogen) atoms. The number of rotatable bonds is 6. The van der Waals surface area contributed by atoms with Crippen molar-refractivity contribution in [2.75, 3.05) is 31.1 Å². The predicted octanol–water partition coefficient (Wildman–Crippen LogP) is 2.65. The summed E-state index contributed by atoms with van der Waals surface area (Å²) in [6, 6.07) is 13.8. The smallest absolute Gasteiger partial charge is 0.330 e. The maximum absolute atomic E-state index is 13.2. The first-order chi connectivity index (χ1) is 17.3. The zero-order valence-corrected chi connectivity index (χ0v) is 21.1. The highest BCUT2D eigenvalue weighted by atomic mass is 35.5. The summed E-state index contributed by atoms with van der Waals surface area (Å²) < 4.78 is 29.1. The third-order valence-electron chi connectivity index (χ3n) is 6.26. The molecule has 0 saturated carbocycles. The normalized spacial score (nSPS) is 15.0. The standard InChI is InChI=1S/C24H25ClN6O4S/c1-2-10-31-23(32)20-22(28-24(31)33)27-21(26-20)16-6-8-19(9-7-16)36(34,35)30-13-11-29(12-14-30)18-5-3-4-17(25)15-18/h3-9,15H,2,10-14H2,1H3,(H,26,27)(H,28,33). The molecule has 0 radical (unpaired) electrons. The Balaban J connectivity index is 1.35. The lowest BCUT2D eigenvalue weighted by Crippen LogP contribution is -2.48. The zero-order valence-electron chi connectivity index (χ0n) is 19.6. The summed E-state index contributed by atoms with van der Waals surface area (Å²) in [5.41, 5.74) is 0.986. The van der Waals surface area contributed by atoms with E-state index >= 15 is 0 Å². The predicted molar refractivity (Wildman–Crippen MR) is 139 cm³/mol. The molecule has 2 aromatic heterocycles. The molecule has 12 heteroatoms. The molecule has 0 amide bonds. The number of nitrogens with one attached hydrogen (secondary N) is 2. The van der Waals surface area contributed by atoms with Gasteiger partial charge in [-0.1, -0.05) is 24.6 Å². The van der Waals surface area contributed by atoms with Crippen LogP contribution in [0.4, 0.5) is 5.69 Å². The van der Waals surface area contributed by atoms with Crippen molar-refractivity contribution >= 4 is 38.5 Å². The Morgan fingerprint density at radius 1 is 1.00 bits per heavy atom. The lowest BCUT2D eigenvalue weighted by Gasteiger charge is -2.35. The Morgan fingerprint density at radius 2 is 1.72 bits per heavy atom. The SMILES string of the molecule is CCCn1c(=O)[nH]c2nc(-c3ccc(S(=O)(=O)N4CCN(c5cccc(Cl)c5)CC4)cc3)[nH]c2c1=O. The molecule has 10 nitrogen and oxygen atoms in total. The molecule has 0 atom stereocenters. The fourth-order valence-corrected chi connectivity index (χ4v) is 5.98. The average molecular weight is 529 g/mol. The Bertz CT molecular complexity index is 1630. The van der Waals surface area contributed by atoms with Gasteiger partial charge in [-0.15, -0.1) is 0 Å². The maximum Gasteiger partial charge on any atom is 0.330 e. The summed E-state index contributed by atoms with van der Waals surface area (Å²) in [6.07, 6.45) is 0.640. The van der Waals surface area contributed by atoms with Gasteiger partial charge in [-0.2, -0.15) is 4.31 Å². The lowest BCUT2D eigenvalue weighted by atomic mass is 10.2. The second-order valence-electron chi connectivity index (χ2n) is 8.59. The van der Waals surface area contributed by atoms with Crippen LogP contribution in [0, 0.1) is 0 Å². The molecule has 3 heterocycles. The number of hydrogen-bond acceptors (Lipinski definition) is 6. The topological polar surface area (TPSA) is 124 Å². The summed E-state index contributed by atoms with van der Waals surface area (Å²) in [5.74, 6) is 0.367. The Morgan fingerprint density at radius 3 is 2.39 bits per heavy atom. The number of imidazole rings is 1. The molecule has 1 aliphatic rings. The molecule has 1 aliphatic heterocycles. The second kappa shape index (κ2) is 9.57. The van der Waals surface area contributed by atoms with Gasteiger partial charge in [0.05, 0.1) is 4.90 Å². The quantitative estimate of drug-likeness (QED) is 0.396. The second-order valence-corrected chi connectivity index (χ2v) is 11.0. The fourth-order valence-electron chi connectivity index (χ4n) is 4.37. The van der Waals surface area contributed by atoms with Crippen LogP contribution in [0.2, 0.25) is 5.02 Å². The number of benzene rings is 2. The fraction of sp³-hybridized carbons (Fsp3) is 0.292. The number of aromatic nitrogens is 4. The van der Waals surface area contributed by atoms with Crippen LogP contribution < -0.4 is 16.1 Å². The number of halogens is 1. The molecule has 0 aliphatic carbocycles. The van der Waals surface area contributed by atoms with Crippen LogP contribution in [-0.2, 0) is 16.6 Å². The van der Waals surface area contributed by atoms with Gasteiger partial charge in [-0.25, -0.2) is 18.2 Å². The van der Waals surface area contributed by atoms with E-state index in [2.05, 4.69) is 19.9 Å². The Labute approximate surface area is 212 Å². The number of aromatic amines is 2. The minimum atomic E-state index is -3.67. The first-order valence-corrected chi connectivity index (χ1v) is 13.4. The Kier molecular flexibility index (Phi) is 6.45. The van der Waals surface area contributed by atoms with Crippen molar-refractivity contribution in [2.45, 2.75) is 24.8 Å². The monoisotopic (exact) mass is 528 g/mol. The van der Waals surface area contributed by atoms with Crippen molar-refractivity contribution in [1.29, 1.82) is 0 Å². The molecule has 2 aromatic carbocycles. The van der Waals surface area contributed by atoms with Crippen molar-refractivity contribution in [3.63, 3.8) is 0 Å². The van der Waals surface area contributed by atoms with E-state index in [-0.39, 0.29) is 16.1 Å². The molecule has 188 valence electrons. The molecule has 1 saturated heterocycles. The van der Waals surface area contributed by atoms with Crippen LogP contribution >= 0.6 is 11.6 Å². The molecule has 0 bridgehead atoms. The number of piperazine rings is 1. The van der Waals surface area contributed by atoms with E-state index in [0.29, 0.717) is 55.6 Å². The van der Waals surface area contributed by atoms with Crippen molar-refractivity contribution in [1.82, 2.24) is 23.8 Å². The van der Waals surface area contributed by atoms with Crippen LogP contribution in [0.1, 0.15) is 13.3 Å². The number of H-pyrrole nitrogens is 2. The van der Waals surface area contributed by atoms with E-state index in [4.69, 9.17) is 11.6 Å². The number of sulfonamides is 1. The van der Waals surface area contributed by atoms with Gasteiger partial charge >= 0.3 is 5.69 Å². The van der Waals surface area contributed by atoms with Gasteiger partial charge in [-0.3, -0.25) is 14.3 Å². The van der Waals surface area contributed by atoms with Crippen LogP contribution in [0.3, 0.4) is 0 Å². The van der Waals surface area contributed by atoms with Gasteiger partial charge < -0.3 is 9.88 Å². The molecular formula is C24H25ClN6O4S. The van der Waals surface area contributed by atoms with Crippen LogP contribution in [0.15, 0.2) is 63.0 Å². The van der Waals surface area contributed by atoms with Crippen LogP contribution in [0.5, 0.6) is 0 Å². The summed E-state index contributed by atoms with van der Waals surface area (Å²) >= 11 is 6.09. The highest BCUT2D eigenvalue weighted by molar-refractivity contribution is 7.89. The number of hydrogen-bond donors (Lipinski definition) is 2. The summed E-state index contributed by atoms with van der Waals surface area (Å²) in [7, 11) is -3.67. The number of anilines is 1. The van der Waals surface area contributed by atoms with E-state index in [0.717, 1.165) is 10.3 Å². The van der Waals surface area contributed by atoms with Crippen molar-refractivity contribution < 1.29 is 8.42 Å². The minimum Gasteiger partial charge on any atom is -0.369 e. The van der Waals surface area contributed by atoms with Gasteiger partial charge in [-0.05, 0) is 48.9 Å². The molecule has 1 fully saturated rings. The third kappa shape index (κ3) is 4.45. The molecule has 0 unspecified atom stereocenters. The number of fused-ring (bicyclic) bond motifs is 1. The van der Waals surface area contributed by atoms with Crippen molar-refractivity contribution in [3.8, 4) is 11.4 Å². The van der Waals surface area contributed by atoms with Gasteiger partial charge in [0, 0.05) is 49.0 Å². The van der Waals surface area contributed by atoms with Gasteiger partial charge in [0.2, 0.25) is 10.0 Å². The van der Waals surface area contributed by atoms with E-state index in [1.165, 1.54) is 16.4 Å². The summed E-state index contributed by atoms with van der Waals surface area (Å²) in [4.78, 5) is 37.0. The average Bonchev–Trinajstić information content (AvgIpc) is 3.31. The summed E-state index contributed by atoms with van der Waals surface area (Å²) in [5, 5.41) is 0.644. The first-order valence-electron chi connectivity index (χ1n) is 11.6. The number of nitrogens with zero attached hydrogens (tertiary/aromatic N) is 4. The zero-order chi connectivity index (χ0) is 25.4. The van der Waals surface area contributed by atoms with E-state index in [1.807, 2.05) is 31.2 Å². The van der Waals surface area contributed by atoms with Gasteiger partial charge in [0.1, 0.15) is 11.3 Å². The molecular weight excluding hydrogens is 504 g/mol. The summed E-state index contributed by atoms with van der Waals surface area (Å²) in [6.45, 7) is 4.02.